The van der Waals surface area contributed by atoms with E-state index in [1.165, 1.54) is 24.3 Å². The lowest BCUT2D eigenvalue weighted by Crippen LogP contribution is -2.26. The molecule has 0 fully saturated rings. The largest absolute Gasteiger partial charge is 0.352 e. The normalized spacial score (nSPS) is 11.0. The Bertz CT molecular complexity index is 634. The lowest BCUT2D eigenvalue weighted by atomic mass is 10.2. The highest BCUT2D eigenvalue weighted by Crippen LogP contribution is 2.10. The molecule has 7 heteroatoms. The minimum absolute atomic E-state index is 0.0683. The first kappa shape index (κ1) is 19.1. The van der Waals surface area contributed by atoms with Crippen LogP contribution in [-0.4, -0.2) is 27.4 Å². The van der Waals surface area contributed by atoms with Crippen LogP contribution in [0.25, 0.3) is 0 Å². The van der Waals surface area contributed by atoms with E-state index in [0.717, 1.165) is 25.7 Å². The summed E-state index contributed by atoms with van der Waals surface area (Å²) < 4.78 is 26.2. The summed E-state index contributed by atoms with van der Waals surface area (Å²) in [5.41, 5.74) is 0.427. The molecule has 1 rings (SSSR count). The van der Waals surface area contributed by atoms with Gasteiger partial charge in [-0.15, -0.1) is 0 Å². The van der Waals surface area contributed by atoms with E-state index in [1.54, 1.807) is 0 Å². The van der Waals surface area contributed by atoms with Crippen molar-refractivity contribution in [3.8, 4) is 6.07 Å². The average molecular weight is 337 g/mol. The van der Waals surface area contributed by atoms with Crippen LogP contribution in [0.3, 0.4) is 0 Å². The van der Waals surface area contributed by atoms with E-state index in [-0.39, 0.29) is 23.8 Å². The van der Waals surface area contributed by atoms with Crippen LogP contribution in [0.1, 0.15) is 49.4 Å². The molecular weight excluding hydrogens is 314 g/mol. The number of sulfonamides is 1. The molecule has 1 aromatic carbocycles. The van der Waals surface area contributed by atoms with Gasteiger partial charge in [0.2, 0.25) is 10.0 Å². The minimum Gasteiger partial charge on any atom is -0.352 e. The van der Waals surface area contributed by atoms with Gasteiger partial charge >= 0.3 is 0 Å². The maximum Gasteiger partial charge on any atom is 0.251 e. The van der Waals surface area contributed by atoms with Gasteiger partial charge in [0.1, 0.15) is 0 Å². The van der Waals surface area contributed by atoms with E-state index in [9.17, 15) is 13.2 Å². The third kappa shape index (κ3) is 6.80. The van der Waals surface area contributed by atoms with Gasteiger partial charge in [-0.1, -0.05) is 26.2 Å². The van der Waals surface area contributed by atoms with Crippen molar-refractivity contribution in [2.24, 2.45) is 0 Å². The first-order valence-electron chi connectivity index (χ1n) is 7.76. The zero-order valence-corrected chi connectivity index (χ0v) is 14.2. The van der Waals surface area contributed by atoms with Gasteiger partial charge in [0.05, 0.1) is 11.0 Å². The monoisotopic (exact) mass is 337 g/mol. The number of unbranched alkanes of at least 4 members (excludes halogenated alkanes) is 3. The SMILES string of the molecule is CCCCCCNC(=O)c1ccc(S(=O)(=O)NCCC#N)cc1. The van der Waals surface area contributed by atoms with Crippen molar-refractivity contribution in [2.45, 2.75) is 43.9 Å². The standard InChI is InChI=1S/C16H23N3O3S/c1-2-3-4-5-12-18-16(20)14-7-9-15(10-8-14)23(21,22)19-13-6-11-17/h7-10,19H,2-6,12-13H2,1H3,(H,18,20). The Morgan fingerprint density at radius 2 is 1.83 bits per heavy atom. The van der Waals surface area contributed by atoms with Crippen LogP contribution < -0.4 is 10.0 Å². The van der Waals surface area contributed by atoms with Crippen molar-refractivity contribution >= 4 is 15.9 Å². The smallest absolute Gasteiger partial charge is 0.251 e. The van der Waals surface area contributed by atoms with Gasteiger partial charge in [0, 0.05) is 25.1 Å². The lowest BCUT2D eigenvalue weighted by molar-refractivity contribution is 0.0953. The number of rotatable bonds is 10. The molecular formula is C16H23N3O3S. The number of carbonyl (C=O) groups excluding carboxylic acids is 1. The maximum atomic E-state index is 11.9. The topological polar surface area (TPSA) is 99.1 Å². The predicted octanol–water partition coefficient (Wildman–Crippen LogP) is 2.19. The molecule has 0 unspecified atom stereocenters. The number of hydrogen-bond donors (Lipinski definition) is 2. The fraction of sp³-hybridized carbons (Fsp3) is 0.500. The summed E-state index contributed by atoms with van der Waals surface area (Å²) in [5, 5.41) is 11.2. The molecule has 0 aliphatic carbocycles. The van der Waals surface area contributed by atoms with Crippen LogP contribution >= 0.6 is 0 Å². The molecule has 0 heterocycles. The molecule has 2 N–H and O–H groups in total. The van der Waals surface area contributed by atoms with Gasteiger partial charge in [-0.2, -0.15) is 5.26 Å². The molecule has 1 amide bonds. The van der Waals surface area contributed by atoms with E-state index in [0.29, 0.717) is 12.1 Å². The second-order valence-electron chi connectivity index (χ2n) is 5.15. The maximum absolute atomic E-state index is 11.9. The lowest BCUT2D eigenvalue weighted by Gasteiger charge is -2.07. The van der Waals surface area contributed by atoms with Crippen molar-refractivity contribution < 1.29 is 13.2 Å². The second-order valence-corrected chi connectivity index (χ2v) is 6.91. The van der Waals surface area contributed by atoms with E-state index < -0.39 is 10.0 Å². The highest BCUT2D eigenvalue weighted by Gasteiger charge is 2.14. The Kier molecular flexibility index (Phi) is 8.30. The third-order valence-corrected chi connectivity index (χ3v) is 4.75. The molecule has 0 radical (unpaired) electrons. The van der Waals surface area contributed by atoms with Crippen LogP contribution in [0, 0.1) is 11.3 Å². The number of nitrogens with one attached hydrogen (secondary N) is 2. The van der Waals surface area contributed by atoms with Crippen molar-refractivity contribution in [1.82, 2.24) is 10.0 Å². The summed E-state index contributed by atoms with van der Waals surface area (Å²) in [6.07, 6.45) is 4.43. The van der Waals surface area contributed by atoms with E-state index >= 15 is 0 Å². The van der Waals surface area contributed by atoms with E-state index in [4.69, 9.17) is 5.26 Å². The van der Waals surface area contributed by atoms with Crippen LogP contribution in [0.15, 0.2) is 29.2 Å². The number of carbonyl (C=O) groups is 1. The molecule has 126 valence electrons. The molecule has 23 heavy (non-hydrogen) atoms. The first-order chi connectivity index (χ1) is 11.0. The summed E-state index contributed by atoms with van der Waals surface area (Å²) >= 11 is 0. The fourth-order valence-electron chi connectivity index (χ4n) is 1.97. The highest BCUT2D eigenvalue weighted by atomic mass is 32.2. The van der Waals surface area contributed by atoms with E-state index in [1.807, 2.05) is 6.07 Å². The molecule has 1 aromatic rings. The Hall–Kier alpha value is -1.91. The molecule has 0 aliphatic heterocycles. The number of nitriles is 1. The number of benzene rings is 1. The summed E-state index contributed by atoms with van der Waals surface area (Å²) in [5.74, 6) is -0.206. The Morgan fingerprint density at radius 3 is 2.43 bits per heavy atom. The van der Waals surface area contributed by atoms with Crippen LogP contribution in [0.5, 0.6) is 0 Å². The van der Waals surface area contributed by atoms with Gasteiger partial charge in [0.15, 0.2) is 0 Å². The summed E-state index contributed by atoms with van der Waals surface area (Å²) in [6, 6.07) is 7.62. The second kappa shape index (κ2) is 9.98. The molecule has 0 aromatic heterocycles. The van der Waals surface area contributed by atoms with Crippen LogP contribution in [-0.2, 0) is 10.0 Å². The zero-order valence-electron chi connectivity index (χ0n) is 13.3. The Labute approximate surface area is 137 Å². The van der Waals surface area contributed by atoms with Gasteiger partial charge in [0.25, 0.3) is 5.91 Å². The Balaban J connectivity index is 2.55. The van der Waals surface area contributed by atoms with Gasteiger partial charge in [-0.05, 0) is 30.7 Å². The molecule has 0 spiro atoms. The summed E-state index contributed by atoms with van der Waals surface area (Å²) in [7, 11) is -3.64. The number of nitrogens with zero attached hydrogens (tertiary/aromatic N) is 1. The average Bonchev–Trinajstić information content (AvgIpc) is 2.55. The molecule has 0 saturated carbocycles. The van der Waals surface area contributed by atoms with Gasteiger partial charge < -0.3 is 5.32 Å². The third-order valence-electron chi connectivity index (χ3n) is 3.27. The van der Waals surface area contributed by atoms with Crippen LogP contribution in [0.2, 0.25) is 0 Å². The minimum atomic E-state index is -3.64. The molecule has 0 aliphatic rings. The number of hydrogen-bond acceptors (Lipinski definition) is 4. The van der Waals surface area contributed by atoms with Crippen molar-refractivity contribution in [3.05, 3.63) is 29.8 Å². The highest BCUT2D eigenvalue weighted by molar-refractivity contribution is 7.89. The molecule has 6 nitrogen and oxygen atoms in total. The van der Waals surface area contributed by atoms with Crippen molar-refractivity contribution in [2.75, 3.05) is 13.1 Å². The van der Waals surface area contributed by atoms with Crippen molar-refractivity contribution in [1.29, 1.82) is 5.26 Å². The predicted molar refractivity (Wildman–Crippen MR) is 88.3 cm³/mol. The summed E-state index contributed by atoms with van der Waals surface area (Å²) in [6.45, 7) is 2.82. The molecule has 0 atom stereocenters. The van der Waals surface area contributed by atoms with Crippen LogP contribution in [0.4, 0.5) is 0 Å². The Morgan fingerprint density at radius 1 is 1.13 bits per heavy atom. The fourth-order valence-corrected chi connectivity index (χ4v) is 3.00. The first-order valence-corrected chi connectivity index (χ1v) is 9.24. The van der Waals surface area contributed by atoms with Gasteiger partial charge in [-0.3, -0.25) is 4.79 Å². The number of amides is 1. The zero-order chi connectivity index (χ0) is 17.1. The van der Waals surface area contributed by atoms with Gasteiger partial charge in [-0.25, -0.2) is 13.1 Å². The molecule has 0 bridgehead atoms. The summed E-state index contributed by atoms with van der Waals surface area (Å²) in [4.78, 5) is 12.0. The molecule has 0 saturated heterocycles. The van der Waals surface area contributed by atoms with Crippen molar-refractivity contribution in [3.63, 3.8) is 0 Å². The van der Waals surface area contributed by atoms with E-state index in [2.05, 4.69) is 17.0 Å². The quantitative estimate of drug-likeness (QED) is 0.639.